The van der Waals surface area contributed by atoms with Gasteiger partial charge in [-0.1, -0.05) is 65.6 Å². The summed E-state index contributed by atoms with van der Waals surface area (Å²) in [4.78, 5) is 13.5. The Kier molecular flexibility index (Phi) is 6.49. The molecule has 2 aromatic carbocycles. The normalized spacial score (nSPS) is 11.9. The van der Waals surface area contributed by atoms with Crippen LogP contribution in [0.2, 0.25) is 0 Å². The predicted octanol–water partition coefficient (Wildman–Crippen LogP) is 4.95. The molecule has 1 aromatic heterocycles. The smallest absolute Gasteiger partial charge is 0.237 e. The van der Waals surface area contributed by atoms with Crippen molar-refractivity contribution in [2.45, 2.75) is 27.2 Å². The standard InChI is InChI=1S/C18H17N3OS3/c1-13(23-11-14-7-3-2-4-8-14)17(22)20-15-9-5-6-10-16(15)25-18-21-19-12-24-18/h2-10,12-13H,11H2,1H3,(H,20,22). The number of aromatic nitrogens is 2. The molecule has 0 bridgehead atoms. The second-order valence-corrected chi connectivity index (χ2v) is 8.68. The number of carbonyl (C=O) groups is 1. The molecule has 1 heterocycles. The van der Waals surface area contributed by atoms with Crippen molar-refractivity contribution in [2.75, 3.05) is 5.32 Å². The van der Waals surface area contributed by atoms with Gasteiger partial charge in [0.25, 0.3) is 0 Å². The molecule has 0 spiro atoms. The highest BCUT2D eigenvalue weighted by Gasteiger charge is 2.16. The zero-order valence-electron chi connectivity index (χ0n) is 13.6. The number of thioether (sulfide) groups is 1. The van der Waals surface area contributed by atoms with E-state index in [1.165, 1.54) is 28.7 Å². The van der Waals surface area contributed by atoms with Crippen LogP contribution < -0.4 is 5.32 Å². The van der Waals surface area contributed by atoms with Crippen LogP contribution in [0.25, 0.3) is 0 Å². The number of benzene rings is 2. The van der Waals surface area contributed by atoms with Crippen molar-refractivity contribution >= 4 is 46.5 Å². The van der Waals surface area contributed by atoms with Crippen molar-refractivity contribution in [3.63, 3.8) is 0 Å². The van der Waals surface area contributed by atoms with Gasteiger partial charge in [-0.15, -0.1) is 22.0 Å². The van der Waals surface area contributed by atoms with Gasteiger partial charge in [0.15, 0.2) is 4.34 Å². The Bertz CT molecular complexity index is 809. The highest BCUT2D eigenvalue weighted by molar-refractivity contribution is 8.01. The van der Waals surface area contributed by atoms with Crippen molar-refractivity contribution in [1.82, 2.24) is 10.2 Å². The molecular formula is C18H17N3OS3. The van der Waals surface area contributed by atoms with Gasteiger partial charge in [0.2, 0.25) is 5.91 Å². The van der Waals surface area contributed by atoms with Gasteiger partial charge in [-0.2, -0.15) is 0 Å². The molecule has 0 radical (unpaired) electrons. The quantitative estimate of drug-likeness (QED) is 0.622. The van der Waals surface area contributed by atoms with Crippen molar-refractivity contribution < 1.29 is 4.79 Å². The highest BCUT2D eigenvalue weighted by atomic mass is 32.2. The lowest BCUT2D eigenvalue weighted by molar-refractivity contribution is -0.115. The first-order chi connectivity index (χ1) is 12.2. The summed E-state index contributed by atoms with van der Waals surface area (Å²) in [7, 11) is 0. The van der Waals surface area contributed by atoms with E-state index in [2.05, 4.69) is 27.6 Å². The molecule has 25 heavy (non-hydrogen) atoms. The highest BCUT2D eigenvalue weighted by Crippen LogP contribution is 2.34. The van der Waals surface area contributed by atoms with E-state index in [0.717, 1.165) is 20.7 Å². The molecule has 1 atom stereocenters. The summed E-state index contributed by atoms with van der Waals surface area (Å²) in [6.45, 7) is 1.93. The SMILES string of the molecule is CC(SCc1ccccc1)C(=O)Nc1ccccc1Sc1nncs1. The topological polar surface area (TPSA) is 54.9 Å². The van der Waals surface area contributed by atoms with Gasteiger partial charge >= 0.3 is 0 Å². The van der Waals surface area contributed by atoms with Crippen molar-refractivity contribution in [3.8, 4) is 0 Å². The molecular weight excluding hydrogens is 370 g/mol. The van der Waals surface area contributed by atoms with Gasteiger partial charge < -0.3 is 5.32 Å². The first-order valence-electron chi connectivity index (χ1n) is 7.72. The summed E-state index contributed by atoms with van der Waals surface area (Å²) in [6, 6.07) is 17.9. The lowest BCUT2D eigenvalue weighted by atomic mass is 10.2. The third-order valence-corrected chi connectivity index (χ3v) is 6.46. The second-order valence-electron chi connectivity index (χ2n) is 5.23. The van der Waals surface area contributed by atoms with Crippen LogP contribution in [0.1, 0.15) is 12.5 Å². The average molecular weight is 388 g/mol. The Morgan fingerprint density at radius 2 is 1.92 bits per heavy atom. The monoisotopic (exact) mass is 387 g/mol. The fourth-order valence-electron chi connectivity index (χ4n) is 2.07. The molecule has 1 amide bonds. The van der Waals surface area contributed by atoms with E-state index in [-0.39, 0.29) is 11.2 Å². The number of rotatable bonds is 7. The number of nitrogens with zero attached hydrogens (tertiary/aromatic N) is 2. The summed E-state index contributed by atoms with van der Waals surface area (Å²) in [5.41, 5.74) is 3.73. The minimum absolute atomic E-state index is 0.00578. The first kappa shape index (κ1) is 18.0. The van der Waals surface area contributed by atoms with Crippen LogP contribution in [0.15, 0.2) is 69.3 Å². The molecule has 1 N–H and O–H groups in total. The molecule has 0 aliphatic rings. The fourth-order valence-corrected chi connectivity index (χ4v) is 4.43. The zero-order valence-corrected chi connectivity index (χ0v) is 16.0. The molecule has 0 aliphatic carbocycles. The molecule has 0 aliphatic heterocycles. The van der Waals surface area contributed by atoms with Crippen LogP contribution in [0, 0.1) is 0 Å². The Morgan fingerprint density at radius 1 is 1.16 bits per heavy atom. The molecule has 0 saturated carbocycles. The number of amides is 1. The fraction of sp³-hybridized carbons (Fsp3) is 0.167. The maximum absolute atomic E-state index is 12.5. The average Bonchev–Trinajstić information content (AvgIpc) is 3.15. The number of carbonyl (C=O) groups excluding carboxylic acids is 1. The van der Waals surface area contributed by atoms with Crippen LogP contribution >= 0.6 is 34.9 Å². The van der Waals surface area contributed by atoms with E-state index in [1.807, 2.05) is 49.4 Å². The third kappa shape index (κ3) is 5.32. The van der Waals surface area contributed by atoms with E-state index < -0.39 is 0 Å². The molecule has 7 heteroatoms. The molecule has 0 saturated heterocycles. The molecule has 3 aromatic rings. The lowest BCUT2D eigenvalue weighted by Gasteiger charge is -2.14. The summed E-state index contributed by atoms with van der Waals surface area (Å²) in [5.74, 6) is 0.822. The number of hydrogen-bond donors (Lipinski definition) is 1. The van der Waals surface area contributed by atoms with E-state index in [4.69, 9.17) is 0 Å². The number of para-hydroxylation sites is 1. The Balaban J connectivity index is 1.60. The number of anilines is 1. The summed E-state index contributed by atoms with van der Waals surface area (Å²) >= 11 is 4.62. The van der Waals surface area contributed by atoms with Crippen molar-refractivity contribution in [2.24, 2.45) is 0 Å². The van der Waals surface area contributed by atoms with Gasteiger partial charge in [-0.3, -0.25) is 4.79 Å². The predicted molar refractivity (Wildman–Crippen MR) is 106 cm³/mol. The Labute approximate surface area is 159 Å². The summed E-state index contributed by atoms with van der Waals surface area (Å²) < 4.78 is 0.855. The van der Waals surface area contributed by atoms with Crippen LogP contribution in [-0.2, 0) is 10.5 Å². The minimum Gasteiger partial charge on any atom is -0.324 e. The molecule has 128 valence electrons. The van der Waals surface area contributed by atoms with E-state index in [1.54, 1.807) is 17.3 Å². The molecule has 4 nitrogen and oxygen atoms in total. The van der Waals surface area contributed by atoms with Gasteiger partial charge in [0.05, 0.1) is 10.9 Å². The van der Waals surface area contributed by atoms with Gasteiger partial charge in [-0.05, 0) is 24.6 Å². The second kappa shape index (κ2) is 9.03. The molecule has 0 fully saturated rings. The van der Waals surface area contributed by atoms with Crippen LogP contribution in [0.5, 0.6) is 0 Å². The van der Waals surface area contributed by atoms with Crippen molar-refractivity contribution in [1.29, 1.82) is 0 Å². The van der Waals surface area contributed by atoms with Gasteiger partial charge in [0, 0.05) is 10.6 Å². The maximum atomic E-state index is 12.5. The molecule has 3 rings (SSSR count). The zero-order chi connectivity index (χ0) is 17.5. The third-order valence-electron chi connectivity index (χ3n) is 3.39. The molecule has 1 unspecified atom stereocenters. The minimum atomic E-state index is -0.139. The van der Waals surface area contributed by atoms with E-state index in [0.29, 0.717) is 0 Å². The van der Waals surface area contributed by atoms with Gasteiger partial charge in [0.1, 0.15) is 5.51 Å². The Morgan fingerprint density at radius 3 is 2.68 bits per heavy atom. The number of nitrogens with one attached hydrogen (secondary N) is 1. The van der Waals surface area contributed by atoms with Crippen LogP contribution in [0.4, 0.5) is 5.69 Å². The maximum Gasteiger partial charge on any atom is 0.237 e. The van der Waals surface area contributed by atoms with Gasteiger partial charge in [-0.25, -0.2) is 0 Å². The summed E-state index contributed by atoms with van der Waals surface area (Å²) in [5, 5.41) is 10.8. The Hall–Kier alpha value is -1.83. The first-order valence-corrected chi connectivity index (χ1v) is 10.5. The number of hydrogen-bond acceptors (Lipinski definition) is 6. The lowest BCUT2D eigenvalue weighted by Crippen LogP contribution is -2.22. The van der Waals surface area contributed by atoms with Crippen molar-refractivity contribution in [3.05, 3.63) is 65.7 Å². The van der Waals surface area contributed by atoms with Crippen LogP contribution in [0.3, 0.4) is 0 Å². The van der Waals surface area contributed by atoms with E-state index in [9.17, 15) is 4.79 Å². The largest absolute Gasteiger partial charge is 0.324 e. The van der Waals surface area contributed by atoms with E-state index >= 15 is 0 Å². The van der Waals surface area contributed by atoms with Crippen LogP contribution in [-0.4, -0.2) is 21.4 Å². The summed E-state index contributed by atoms with van der Waals surface area (Å²) in [6.07, 6.45) is 0.